The van der Waals surface area contributed by atoms with E-state index >= 15 is 0 Å². The summed E-state index contributed by atoms with van der Waals surface area (Å²) in [5.74, 6) is 1.12. The van der Waals surface area contributed by atoms with Crippen molar-refractivity contribution >= 4 is 23.0 Å². The molecule has 1 unspecified atom stereocenters. The molecule has 5 heteroatoms. The highest BCUT2D eigenvalue weighted by Gasteiger charge is 2.40. The van der Waals surface area contributed by atoms with Gasteiger partial charge in [0.1, 0.15) is 5.66 Å². The van der Waals surface area contributed by atoms with Crippen molar-refractivity contribution in [2.24, 2.45) is 5.92 Å². The topological polar surface area (TPSA) is 50.2 Å². The van der Waals surface area contributed by atoms with Gasteiger partial charge in [-0.1, -0.05) is 26.0 Å². The molecule has 1 atom stereocenters. The Hall–Kier alpha value is -2.04. The lowest BCUT2D eigenvalue weighted by molar-refractivity contribution is 0.138. The van der Waals surface area contributed by atoms with Crippen LogP contribution in [0.3, 0.4) is 0 Å². The number of hydrogen-bond donors (Lipinski definition) is 1. The lowest BCUT2D eigenvalue weighted by atomic mass is 9.97. The molecule has 1 aliphatic heterocycles. The molecule has 0 fully saturated rings. The van der Waals surface area contributed by atoms with E-state index in [0.29, 0.717) is 11.9 Å². The Morgan fingerprint density at radius 2 is 2.05 bits per heavy atom. The van der Waals surface area contributed by atoms with Crippen molar-refractivity contribution in [3.63, 3.8) is 0 Å². The SMILES string of the molecule is CC(C)CC1(C)Nc2nc3ccccc3n2C(=O)N1C. The van der Waals surface area contributed by atoms with E-state index in [1.807, 2.05) is 38.2 Å². The molecule has 1 aromatic carbocycles. The van der Waals surface area contributed by atoms with Gasteiger partial charge in [-0.05, 0) is 31.4 Å². The quantitative estimate of drug-likeness (QED) is 0.913. The molecule has 106 valence electrons. The fourth-order valence-corrected chi connectivity index (χ4v) is 2.97. The van der Waals surface area contributed by atoms with Crippen LogP contribution >= 0.6 is 0 Å². The molecular weight excluding hydrogens is 252 g/mol. The maximum atomic E-state index is 12.7. The number of fused-ring (bicyclic) bond motifs is 3. The number of imidazole rings is 1. The van der Waals surface area contributed by atoms with Crippen LogP contribution in [-0.4, -0.2) is 33.2 Å². The van der Waals surface area contributed by atoms with Gasteiger partial charge in [0, 0.05) is 7.05 Å². The molecule has 0 bridgehead atoms. The second kappa shape index (κ2) is 4.23. The van der Waals surface area contributed by atoms with Crippen LogP contribution in [0.25, 0.3) is 11.0 Å². The number of nitrogens with one attached hydrogen (secondary N) is 1. The molecule has 3 rings (SSSR count). The van der Waals surface area contributed by atoms with Crippen molar-refractivity contribution < 1.29 is 4.79 Å². The lowest BCUT2D eigenvalue weighted by Crippen LogP contribution is -2.58. The number of aromatic nitrogens is 2. The van der Waals surface area contributed by atoms with Crippen molar-refractivity contribution in [3.05, 3.63) is 24.3 Å². The van der Waals surface area contributed by atoms with Gasteiger partial charge in [0.05, 0.1) is 11.0 Å². The summed E-state index contributed by atoms with van der Waals surface area (Å²) < 4.78 is 1.65. The number of carbonyl (C=O) groups excluding carboxylic acids is 1. The molecule has 1 N–H and O–H groups in total. The van der Waals surface area contributed by atoms with Crippen LogP contribution < -0.4 is 5.32 Å². The monoisotopic (exact) mass is 272 g/mol. The summed E-state index contributed by atoms with van der Waals surface area (Å²) in [7, 11) is 1.84. The van der Waals surface area contributed by atoms with Gasteiger partial charge in [0.2, 0.25) is 5.95 Å². The maximum absolute atomic E-state index is 12.7. The molecule has 0 saturated heterocycles. The number of hydrogen-bond acceptors (Lipinski definition) is 3. The van der Waals surface area contributed by atoms with E-state index < -0.39 is 5.66 Å². The highest BCUT2D eigenvalue weighted by Crippen LogP contribution is 2.32. The molecule has 1 amide bonds. The lowest BCUT2D eigenvalue weighted by Gasteiger charge is -2.44. The number of rotatable bonds is 2. The zero-order chi connectivity index (χ0) is 14.5. The molecule has 0 aliphatic carbocycles. The first-order valence-electron chi connectivity index (χ1n) is 6.96. The van der Waals surface area contributed by atoms with Crippen LogP contribution in [0.15, 0.2) is 24.3 Å². The third-order valence-corrected chi connectivity index (χ3v) is 3.97. The van der Waals surface area contributed by atoms with Gasteiger partial charge in [-0.15, -0.1) is 0 Å². The summed E-state index contributed by atoms with van der Waals surface area (Å²) in [6, 6.07) is 7.67. The number of para-hydroxylation sites is 2. The minimum Gasteiger partial charge on any atom is -0.332 e. The number of amides is 1. The average Bonchev–Trinajstić information content (AvgIpc) is 2.72. The number of carbonyl (C=O) groups is 1. The molecule has 0 saturated carbocycles. The van der Waals surface area contributed by atoms with Crippen molar-refractivity contribution in [1.82, 2.24) is 14.5 Å². The van der Waals surface area contributed by atoms with E-state index in [0.717, 1.165) is 17.5 Å². The van der Waals surface area contributed by atoms with Crippen molar-refractivity contribution in [3.8, 4) is 0 Å². The van der Waals surface area contributed by atoms with Crippen molar-refractivity contribution in [2.75, 3.05) is 12.4 Å². The van der Waals surface area contributed by atoms with Crippen LogP contribution in [0.5, 0.6) is 0 Å². The first-order chi connectivity index (χ1) is 9.42. The van der Waals surface area contributed by atoms with E-state index in [1.54, 1.807) is 9.47 Å². The molecule has 0 spiro atoms. The Morgan fingerprint density at radius 1 is 1.35 bits per heavy atom. The van der Waals surface area contributed by atoms with Gasteiger partial charge < -0.3 is 10.2 Å². The molecule has 2 aromatic rings. The summed E-state index contributed by atoms with van der Waals surface area (Å²) in [5.41, 5.74) is 1.28. The third-order valence-electron chi connectivity index (χ3n) is 3.97. The van der Waals surface area contributed by atoms with Gasteiger partial charge in [-0.25, -0.2) is 14.3 Å². The summed E-state index contributed by atoms with van der Waals surface area (Å²) >= 11 is 0. The van der Waals surface area contributed by atoms with E-state index in [4.69, 9.17) is 0 Å². The first kappa shape index (κ1) is 13.0. The van der Waals surface area contributed by atoms with Crippen LogP contribution in [0.1, 0.15) is 27.2 Å². The van der Waals surface area contributed by atoms with Gasteiger partial charge in [0.25, 0.3) is 0 Å². The largest absolute Gasteiger partial charge is 0.333 e. The Morgan fingerprint density at radius 3 is 2.75 bits per heavy atom. The van der Waals surface area contributed by atoms with E-state index in [2.05, 4.69) is 24.1 Å². The average molecular weight is 272 g/mol. The van der Waals surface area contributed by atoms with Gasteiger partial charge >= 0.3 is 6.03 Å². The third kappa shape index (κ3) is 1.77. The number of anilines is 1. The Kier molecular flexibility index (Phi) is 2.74. The van der Waals surface area contributed by atoms with Crippen LogP contribution in [-0.2, 0) is 0 Å². The Balaban J connectivity index is 2.14. The van der Waals surface area contributed by atoms with Crippen molar-refractivity contribution in [1.29, 1.82) is 0 Å². The summed E-state index contributed by atoms with van der Waals surface area (Å²) in [4.78, 5) is 19.0. The predicted octanol–water partition coefficient (Wildman–Crippen LogP) is 3.12. The number of nitrogens with zero attached hydrogens (tertiary/aromatic N) is 3. The second-order valence-corrected chi connectivity index (χ2v) is 6.10. The zero-order valence-electron chi connectivity index (χ0n) is 12.3. The highest BCUT2D eigenvalue weighted by molar-refractivity contribution is 5.94. The van der Waals surface area contributed by atoms with E-state index in [1.165, 1.54) is 0 Å². The normalized spacial score (nSPS) is 22.2. The summed E-state index contributed by atoms with van der Waals surface area (Å²) in [5, 5.41) is 3.43. The first-order valence-corrected chi connectivity index (χ1v) is 6.96. The van der Waals surface area contributed by atoms with Gasteiger partial charge in [0.15, 0.2) is 0 Å². The minimum atomic E-state index is -0.400. The summed E-state index contributed by atoms with van der Waals surface area (Å²) in [6.45, 7) is 6.36. The van der Waals surface area contributed by atoms with Crippen LogP contribution in [0, 0.1) is 5.92 Å². The predicted molar refractivity (Wildman–Crippen MR) is 79.8 cm³/mol. The number of benzene rings is 1. The zero-order valence-corrected chi connectivity index (χ0v) is 12.3. The molecule has 2 heterocycles. The summed E-state index contributed by atoms with van der Waals surface area (Å²) in [6.07, 6.45) is 0.873. The molecule has 0 radical (unpaired) electrons. The van der Waals surface area contributed by atoms with Gasteiger partial charge in [-0.3, -0.25) is 0 Å². The smallest absolute Gasteiger partial charge is 0.332 e. The highest BCUT2D eigenvalue weighted by atomic mass is 16.2. The standard InChI is InChI=1S/C15H20N4O/c1-10(2)9-15(3)17-13-16-11-7-5-6-8-12(11)19(13)14(20)18(15)4/h5-8,10H,9H2,1-4H3,(H,16,17). The van der Waals surface area contributed by atoms with E-state index in [9.17, 15) is 4.79 Å². The maximum Gasteiger partial charge on any atom is 0.333 e. The van der Waals surface area contributed by atoms with Crippen LogP contribution in [0.2, 0.25) is 0 Å². The molecule has 1 aliphatic rings. The second-order valence-electron chi connectivity index (χ2n) is 6.10. The van der Waals surface area contributed by atoms with Crippen LogP contribution in [0.4, 0.5) is 10.7 Å². The molecule has 20 heavy (non-hydrogen) atoms. The Bertz CT molecular complexity index is 676. The van der Waals surface area contributed by atoms with Gasteiger partial charge in [-0.2, -0.15) is 0 Å². The molecule has 1 aromatic heterocycles. The molecule has 5 nitrogen and oxygen atoms in total. The fraction of sp³-hybridized carbons (Fsp3) is 0.467. The minimum absolute atomic E-state index is 0.0319. The van der Waals surface area contributed by atoms with E-state index in [-0.39, 0.29) is 6.03 Å². The molecular formula is C15H20N4O. The Labute approximate surface area is 118 Å². The van der Waals surface area contributed by atoms with Crippen molar-refractivity contribution in [2.45, 2.75) is 32.9 Å². The fourth-order valence-electron chi connectivity index (χ4n) is 2.97.